The quantitative estimate of drug-likeness (QED) is 0.515. The smallest absolute Gasteiger partial charge is 0.330 e. The molecule has 3 aromatic rings. The SMILES string of the molecule is CCCCn1c(=O)[nH]c(=O)c2c1nc(CSc1nnc(N3CCOCC3)s1)n2CC. The molecular formula is C18H25N7O3S2. The zero-order chi connectivity index (χ0) is 21.1. The molecule has 4 heterocycles. The van der Waals surface area contributed by atoms with Crippen molar-refractivity contribution in [2.24, 2.45) is 0 Å². The van der Waals surface area contributed by atoms with Gasteiger partial charge in [-0.1, -0.05) is 36.4 Å². The molecule has 0 aromatic carbocycles. The molecular weight excluding hydrogens is 426 g/mol. The number of fused-ring (bicyclic) bond motifs is 1. The summed E-state index contributed by atoms with van der Waals surface area (Å²) in [7, 11) is 0. The largest absolute Gasteiger partial charge is 0.378 e. The second kappa shape index (κ2) is 9.31. The van der Waals surface area contributed by atoms with Gasteiger partial charge in [-0.2, -0.15) is 0 Å². The normalized spacial score (nSPS) is 14.7. The Bertz CT molecular complexity index is 1130. The summed E-state index contributed by atoms with van der Waals surface area (Å²) in [5, 5.41) is 9.49. The summed E-state index contributed by atoms with van der Waals surface area (Å²) in [4.78, 5) is 34.1. The van der Waals surface area contributed by atoms with Crippen molar-refractivity contribution in [1.29, 1.82) is 0 Å². The number of aromatic nitrogens is 6. The summed E-state index contributed by atoms with van der Waals surface area (Å²) in [6.07, 6.45) is 1.80. The number of hydrogen-bond donors (Lipinski definition) is 1. The molecule has 162 valence electrons. The highest BCUT2D eigenvalue weighted by atomic mass is 32.2. The van der Waals surface area contributed by atoms with Gasteiger partial charge >= 0.3 is 5.69 Å². The maximum Gasteiger partial charge on any atom is 0.330 e. The lowest BCUT2D eigenvalue weighted by molar-refractivity contribution is 0.122. The molecule has 0 amide bonds. The van der Waals surface area contributed by atoms with Crippen LogP contribution in [0.25, 0.3) is 11.2 Å². The molecule has 1 aliphatic heterocycles. The van der Waals surface area contributed by atoms with Gasteiger partial charge in [-0.25, -0.2) is 9.78 Å². The number of anilines is 1. The van der Waals surface area contributed by atoms with Crippen LogP contribution in [0.5, 0.6) is 0 Å². The number of ether oxygens (including phenoxy) is 1. The molecule has 1 fully saturated rings. The first-order valence-electron chi connectivity index (χ1n) is 10.1. The van der Waals surface area contributed by atoms with E-state index in [2.05, 4.69) is 32.0 Å². The van der Waals surface area contributed by atoms with E-state index in [0.29, 0.717) is 43.2 Å². The maximum atomic E-state index is 12.5. The molecule has 0 spiro atoms. The van der Waals surface area contributed by atoms with Crippen LogP contribution in [0.1, 0.15) is 32.5 Å². The van der Waals surface area contributed by atoms with E-state index in [-0.39, 0.29) is 5.56 Å². The first-order chi connectivity index (χ1) is 14.6. The lowest BCUT2D eigenvalue weighted by atomic mass is 10.3. The number of unbranched alkanes of at least 4 members (excludes halogenated alkanes) is 1. The van der Waals surface area contributed by atoms with Crippen LogP contribution < -0.4 is 16.1 Å². The number of aryl methyl sites for hydroxylation is 2. The molecule has 0 bridgehead atoms. The summed E-state index contributed by atoms with van der Waals surface area (Å²) in [5.74, 6) is 1.30. The summed E-state index contributed by atoms with van der Waals surface area (Å²) in [6.45, 7) is 8.22. The van der Waals surface area contributed by atoms with E-state index in [1.807, 2.05) is 11.5 Å². The highest BCUT2D eigenvalue weighted by Gasteiger charge is 2.19. The minimum absolute atomic E-state index is 0.390. The van der Waals surface area contributed by atoms with Gasteiger partial charge in [0.15, 0.2) is 15.5 Å². The van der Waals surface area contributed by atoms with Crippen LogP contribution in [0.2, 0.25) is 0 Å². The van der Waals surface area contributed by atoms with Gasteiger partial charge in [-0.05, 0) is 13.3 Å². The van der Waals surface area contributed by atoms with Crippen LogP contribution in [0, 0.1) is 0 Å². The van der Waals surface area contributed by atoms with Gasteiger partial charge in [-0.3, -0.25) is 14.3 Å². The number of thioether (sulfide) groups is 1. The number of hydrogen-bond acceptors (Lipinski definition) is 9. The predicted molar refractivity (Wildman–Crippen MR) is 118 cm³/mol. The van der Waals surface area contributed by atoms with E-state index in [1.165, 1.54) is 0 Å². The van der Waals surface area contributed by atoms with Crippen molar-refractivity contribution in [3.8, 4) is 0 Å². The monoisotopic (exact) mass is 451 g/mol. The third kappa shape index (κ3) is 4.16. The van der Waals surface area contributed by atoms with Crippen LogP contribution >= 0.6 is 23.1 Å². The number of nitrogens with one attached hydrogen (secondary N) is 1. The molecule has 0 atom stereocenters. The van der Waals surface area contributed by atoms with Gasteiger partial charge in [-0.15, -0.1) is 10.2 Å². The van der Waals surface area contributed by atoms with Gasteiger partial charge in [0.1, 0.15) is 5.82 Å². The van der Waals surface area contributed by atoms with Crippen LogP contribution in [-0.4, -0.2) is 55.6 Å². The Morgan fingerprint density at radius 2 is 1.97 bits per heavy atom. The summed E-state index contributed by atoms with van der Waals surface area (Å²) in [6, 6.07) is 0. The Balaban J connectivity index is 1.60. The Hall–Kier alpha value is -2.18. The Morgan fingerprint density at radius 3 is 2.70 bits per heavy atom. The van der Waals surface area contributed by atoms with Crippen molar-refractivity contribution in [3.63, 3.8) is 0 Å². The van der Waals surface area contributed by atoms with E-state index < -0.39 is 5.69 Å². The van der Waals surface area contributed by atoms with Crippen molar-refractivity contribution in [2.45, 2.75) is 49.9 Å². The first-order valence-corrected chi connectivity index (χ1v) is 11.9. The first kappa shape index (κ1) is 21.1. The summed E-state index contributed by atoms with van der Waals surface area (Å²) in [5.41, 5.74) is 0.120. The predicted octanol–water partition coefficient (Wildman–Crippen LogP) is 1.69. The summed E-state index contributed by atoms with van der Waals surface area (Å²) >= 11 is 3.09. The molecule has 0 unspecified atom stereocenters. The zero-order valence-electron chi connectivity index (χ0n) is 17.1. The van der Waals surface area contributed by atoms with E-state index in [4.69, 9.17) is 4.74 Å². The van der Waals surface area contributed by atoms with E-state index in [9.17, 15) is 9.59 Å². The average Bonchev–Trinajstić information content (AvgIpc) is 3.37. The van der Waals surface area contributed by atoms with Gasteiger partial charge in [0.05, 0.1) is 19.0 Å². The fourth-order valence-electron chi connectivity index (χ4n) is 3.46. The minimum Gasteiger partial charge on any atom is -0.378 e. The molecule has 0 saturated carbocycles. The third-order valence-electron chi connectivity index (χ3n) is 5.02. The molecule has 1 saturated heterocycles. The molecule has 3 aromatic heterocycles. The van der Waals surface area contributed by atoms with Gasteiger partial charge in [0, 0.05) is 26.2 Å². The highest BCUT2D eigenvalue weighted by Crippen LogP contribution is 2.31. The number of aromatic amines is 1. The van der Waals surface area contributed by atoms with Gasteiger partial charge < -0.3 is 14.2 Å². The second-order valence-electron chi connectivity index (χ2n) is 6.95. The number of H-pyrrole nitrogens is 1. The number of imidazole rings is 1. The number of morpholine rings is 1. The standard InChI is InChI=1S/C18H25N7O3S2/c1-3-5-6-25-14-13(15(26)20-16(25)27)24(4-2)12(19-14)11-29-18-22-21-17(30-18)23-7-9-28-10-8-23/h3-11H2,1-2H3,(H,20,26,27). The highest BCUT2D eigenvalue weighted by molar-refractivity contribution is 8.00. The Morgan fingerprint density at radius 1 is 1.17 bits per heavy atom. The van der Waals surface area contributed by atoms with Crippen molar-refractivity contribution in [2.75, 3.05) is 31.2 Å². The minimum atomic E-state index is -0.403. The molecule has 1 N–H and O–H groups in total. The summed E-state index contributed by atoms with van der Waals surface area (Å²) < 4.78 is 9.69. The lowest BCUT2D eigenvalue weighted by Crippen LogP contribution is -2.36. The van der Waals surface area contributed by atoms with E-state index in [1.54, 1.807) is 27.7 Å². The fraction of sp³-hybridized carbons (Fsp3) is 0.611. The van der Waals surface area contributed by atoms with Crippen molar-refractivity contribution in [3.05, 3.63) is 26.7 Å². The van der Waals surface area contributed by atoms with Crippen LogP contribution in [-0.2, 0) is 23.6 Å². The van der Waals surface area contributed by atoms with Crippen molar-refractivity contribution >= 4 is 39.4 Å². The van der Waals surface area contributed by atoms with Crippen molar-refractivity contribution < 1.29 is 4.74 Å². The number of nitrogens with zero attached hydrogens (tertiary/aromatic N) is 6. The van der Waals surface area contributed by atoms with E-state index in [0.717, 1.165) is 41.2 Å². The average molecular weight is 452 g/mol. The topological polar surface area (TPSA) is 111 Å². The van der Waals surface area contributed by atoms with Crippen LogP contribution in [0.15, 0.2) is 13.9 Å². The molecule has 1 aliphatic rings. The van der Waals surface area contributed by atoms with Crippen molar-refractivity contribution in [1.82, 2.24) is 29.3 Å². The van der Waals surface area contributed by atoms with Crippen LogP contribution in [0.4, 0.5) is 5.13 Å². The Labute approximate surface area is 181 Å². The Kier molecular flexibility index (Phi) is 6.54. The fourth-order valence-corrected chi connectivity index (χ4v) is 5.30. The maximum absolute atomic E-state index is 12.5. The molecule has 10 nitrogen and oxygen atoms in total. The van der Waals surface area contributed by atoms with Crippen LogP contribution in [0.3, 0.4) is 0 Å². The van der Waals surface area contributed by atoms with Gasteiger partial charge in [0.25, 0.3) is 5.56 Å². The lowest BCUT2D eigenvalue weighted by Gasteiger charge is -2.25. The third-order valence-corrected chi connectivity index (χ3v) is 7.13. The molecule has 0 radical (unpaired) electrons. The zero-order valence-corrected chi connectivity index (χ0v) is 18.7. The second-order valence-corrected chi connectivity index (χ2v) is 9.13. The molecule has 30 heavy (non-hydrogen) atoms. The molecule has 12 heteroatoms. The van der Waals surface area contributed by atoms with Gasteiger partial charge in [0.2, 0.25) is 5.13 Å². The number of rotatable bonds is 8. The molecule has 0 aliphatic carbocycles. The molecule has 4 rings (SSSR count). The van der Waals surface area contributed by atoms with E-state index >= 15 is 0 Å².